The molecule has 3 rings (SSSR count). The summed E-state index contributed by atoms with van der Waals surface area (Å²) in [7, 11) is 0. The average molecular weight is 442 g/mol. The first-order valence-electron chi connectivity index (χ1n) is 11.9. The fourth-order valence-corrected chi connectivity index (χ4v) is 3.45. The number of hydrogen-bond donors (Lipinski definition) is 0. The Bertz CT molecular complexity index is 1040. The molecule has 0 aliphatic rings. The van der Waals surface area contributed by atoms with Gasteiger partial charge in [0.1, 0.15) is 0 Å². The lowest BCUT2D eigenvalue weighted by Crippen LogP contribution is -2.25. The molecule has 3 aromatic rings. The van der Waals surface area contributed by atoms with E-state index in [1.807, 2.05) is 61.5 Å². The number of unbranched alkanes of at least 4 members (excludes halogenated alkanes) is 2. The van der Waals surface area contributed by atoms with Crippen molar-refractivity contribution in [2.75, 3.05) is 18.0 Å². The highest BCUT2D eigenvalue weighted by atomic mass is 15.1. The van der Waals surface area contributed by atoms with Crippen LogP contribution in [0.2, 0.25) is 0 Å². The van der Waals surface area contributed by atoms with Gasteiger partial charge in [0.15, 0.2) is 0 Å². The Hall–Kier alpha value is -3.34. The van der Waals surface area contributed by atoms with Crippen LogP contribution in [0, 0.1) is 13.8 Å². The van der Waals surface area contributed by atoms with Crippen molar-refractivity contribution in [3.05, 3.63) is 77.9 Å². The summed E-state index contributed by atoms with van der Waals surface area (Å²) in [4.78, 5) is 2.47. The molecule has 0 saturated carbocycles. The fourth-order valence-electron chi connectivity index (χ4n) is 3.45. The zero-order valence-corrected chi connectivity index (χ0v) is 20.3. The first-order chi connectivity index (χ1) is 16.1. The molecule has 33 heavy (non-hydrogen) atoms. The molecule has 0 spiro atoms. The molecular weight excluding hydrogens is 406 g/mol. The Morgan fingerprint density at radius 2 is 1.12 bits per heavy atom. The first kappa shape index (κ1) is 24.3. The van der Waals surface area contributed by atoms with Crippen molar-refractivity contribution in [3.63, 3.8) is 0 Å². The minimum absolute atomic E-state index is 0.804. The zero-order chi connectivity index (χ0) is 23.5. The highest BCUT2D eigenvalue weighted by Crippen LogP contribution is 2.28. The van der Waals surface area contributed by atoms with Gasteiger partial charge in [0, 0.05) is 18.8 Å². The Morgan fingerprint density at radius 1 is 0.606 bits per heavy atom. The van der Waals surface area contributed by atoms with Crippen molar-refractivity contribution in [2.45, 2.75) is 53.4 Å². The van der Waals surface area contributed by atoms with Crippen LogP contribution in [0.25, 0.3) is 0 Å². The summed E-state index contributed by atoms with van der Waals surface area (Å²) in [6.07, 6.45) is 4.84. The highest BCUT2D eigenvalue weighted by molar-refractivity contribution is 5.55. The number of aryl methyl sites for hydroxylation is 2. The molecule has 0 aromatic heterocycles. The Kier molecular flexibility index (Phi) is 9.31. The maximum Gasteiger partial charge on any atom is 0.0887 e. The van der Waals surface area contributed by atoms with Gasteiger partial charge in [-0.15, -0.1) is 0 Å². The summed E-state index contributed by atoms with van der Waals surface area (Å²) >= 11 is 0. The molecule has 5 nitrogen and oxygen atoms in total. The van der Waals surface area contributed by atoms with Crippen molar-refractivity contribution >= 4 is 28.4 Å². The number of anilines is 1. The van der Waals surface area contributed by atoms with Crippen LogP contribution in [0.1, 0.15) is 50.7 Å². The van der Waals surface area contributed by atoms with Gasteiger partial charge in [0.25, 0.3) is 0 Å². The van der Waals surface area contributed by atoms with Gasteiger partial charge in [-0.3, -0.25) is 0 Å². The molecule has 0 amide bonds. The third-order valence-corrected chi connectivity index (χ3v) is 5.55. The van der Waals surface area contributed by atoms with E-state index in [2.05, 4.69) is 58.3 Å². The highest BCUT2D eigenvalue weighted by Gasteiger charge is 2.06. The van der Waals surface area contributed by atoms with Gasteiger partial charge < -0.3 is 4.90 Å². The maximum atomic E-state index is 4.43. The van der Waals surface area contributed by atoms with E-state index in [0.717, 1.165) is 41.4 Å². The van der Waals surface area contributed by atoms with E-state index in [0.29, 0.717) is 0 Å². The van der Waals surface area contributed by atoms with Crippen LogP contribution in [0.4, 0.5) is 28.4 Å². The van der Waals surface area contributed by atoms with Crippen molar-refractivity contribution in [2.24, 2.45) is 20.5 Å². The summed E-state index contributed by atoms with van der Waals surface area (Å²) in [6.45, 7) is 10.8. The van der Waals surface area contributed by atoms with Gasteiger partial charge in [0.05, 0.1) is 22.7 Å². The summed E-state index contributed by atoms with van der Waals surface area (Å²) < 4.78 is 0. The number of rotatable bonds is 11. The van der Waals surface area contributed by atoms with Crippen LogP contribution >= 0.6 is 0 Å². The van der Waals surface area contributed by atoms with Gasteiger partial charge in [-0.2, -0.15) is 20.5 Å². The molecule has 0 aliphatic carbocycles. The zero-order valence-electron chi connectivity index (χ0n) is 20.3. The molecule has 0 unspecified atom stereocenters. The third-order valence-electron chi connectivity index (χ3n) is 5.55. The van der Waals surface area contributed by atoms with Crippen molar-refractivity contribution < 1.29 is 0 Å². The van der Waals surface area contributed by atoms with E-state index in [1.165, 1.54) is 36.9 Å². The van der Waals surface area contributed by atoms with Crippen molar-refractivity contribution in [1.29, 1.82) is 0 Å². The molecule has 3 aromatic carbocycles. The summed E-state index contributed by atoms with van der Waals surface area (Å²) in [5, 5.41) is 17.6. The molecule has 0 radical (unpaired) electrons. The summed E-state index contributed by atoms with van der Waals surface area (Å²) in [6, 6.07) is 22.2. The lowest BCUT2D eigenvalue weighted by molar-refractivity contribution is 0.678. The summed E-state index contributed by atoms with van der Waals surface area (Å²) in [5.41, 5.74) is 6.81. The SMILES string of the molecule is CCCCN(CCCC)c1ccc(N=Nc2ccc(N=Nc3ccc(C)cc3)c(C)c2)cc1. The average Bonchev–Trinajstić information content (AvgIpc) is 2.84. The fraction of sp³-hybridized carbons (Fsp3) is 0.357. The Morgan fingerprint density at radius 3 is 1.70 bits per heavy atom. The molecule has 5 heteroatoms. The Balaban J connectivity index is 1.65. The van der Waals surface area contributed by atoms with Crippen LogP contribution in [0.5, 0.6) is 0 Å². The van der Waals surface area contributed by atoms with Crippen molar-refractivity contribution in [1.82, 2.24) is 0 Å². The molecule has 0 atom stereocenters. The molecule has 0 N–H and O–H groups in total. The van der Waals surface area contributed by atoms with Crippen LogP contribution in [0.15, 0.2) is 87.2 Å². The second-order valence-electron chi connectivity index (χ2n) is 8.42. The minimum Gasteiger partial charge on any atom is -0.372 e. The van der Waals surface area contributed by atoms with Crippen LogP contribution in [0.3, 0.4) is 0 Å². The number of nitrogens with zero attached hydrogens (tertiary/aromatic N) is 5. The number of benzene rings is 3. The van der Waals surface area contributed by atoms with E-state index in [-0.39, 0.29) is 0 Å². The quantitative estimate of drug-likeness (QED) is 0.273. The van der Waals surface area contributed by atoms with Crippen molar-refractivity contribution in [3.8, 4) is 0 Å². The van der Waals surface area contributed by atoms with Gasteiger partial charge in [-0.1, -0.05) is 44.4 Å². The lowest BCUT2D eigenvalue weighted by Gasteiger charge is -2.24. The third kappa shape index (κ3) is 7.63. The van der Waals surface area contributed by atoms with Crippen LogP contribution in [-0.2, 0) is 0 Å². The van der Waals surface area contributed by atoms with Crippen LogP contribution in [-0.4, -0.2) is 13.1 Å². The van der Waals surface area contributed by atoms with Gasteiger partial charge >= 0.3 is 0 Å². The molecule has 0 fully saturated rings. The van der Waals surface area contributed by atoms with E-state index in [1.54, 1.807) is 0 Å². The van der Waals surface area contributed by atoms with Gasteiger partial charge in [0.2, 0.25) is 0 Å². The molecular formula is C28H35N5. The standard InChI is InChI=1S/C28H35N5/c1-5-7-19-33(20-8-6-2)27-16-13-25(14-17-27)29-31-26-15-18-28(23(4)21-26)32-30-24-11-9-22(3)10-12-24/h9-18,21H,5-8,19-20H2,1-4H3. The molecule has 0 bridgehead atoms. The molecule has 0 saturated heterocycles. The Labute approximate surface area is 198 Å². The van der Waals surface area contributed by atoms with E-state index in [9.17, 15) is 0 Å². The molecule has 0 aliphatic heterocycles. The largest absolute Gasteiger partial charge is 0.372 e. The number of hydrogen-bond acceptors (Lipinski definition) is 5. The van der Waals surface area contributed by atoms with E-state index < -0.39 is 0 Å². The van der Waals surface area contributed by atoms with Gasteiger partial charge in [-0.05, 0) is 86.8 Å². The predicted octanol–water partition coefficient (Wildman–Crippen LogP) is 9.54. The van der Waals surface area contributed by atoms with E-state index in [4.69, 9.17) is 0 Å². The second kappa shape index (κ2) is 12.6. The normalized spacial score (nSPS) is 11.5. The van der Waals surface area contributed by atoms with Gasteiger partial charge in [-0.25, -0.2) is 0 Å². The summed E-state index contributed by atoms with van der Waals surface area (Å²) in [5.74, 6) is 0. The minimum atomic E-state index is 0.804. The number of azo groups is 2. The maximum absolute atomic E-state index is 4.43. The monoisotopic (exact) mass is 441 g/mol. The molecule has 172 valence electrons. The second-order valence-corrected chi connectivity index (χ2v) is 8.42. The lowest BCUT2D eigenvalue weighted by atomic mass is 10.2. The predicted molar refractivity (Wildman–Crippen MR) is 139 cm³/mol. The van der Waals surface area contributed by atoms with Crippen LogP contribution < -0.4 is 4.90 Å². The topological polar surface area (TPSA) is 52.7 Å². The molecule has 0 heterocycles. The first-order valence-corrected chi connectivity index (χ1v) is 11.9. The smallest absolute Gasteiger partial charge is 0.0887 e. The van der Waals surface area contributed by atoms with E-state index >= 15 is 0 Å².